The summed E-state index contributed by atoms with van der Waals surface area (Å²) in [6.45, 7) is 0.853. The Hall–Kier alpha value is 0.240. The Kier molecular flexibility index (Phi) is 5.37. The Morgan fingerprint density at radius 1 is 1.28 bits per heavy atom. The number of alkyl halides is 1. The lowest BCUT2D eigenvalue weighted by Crippen LogP contribution is -2.40. The first-order valence-corrected chi connectivity index (χ1v) is 8.03. The summed E-state index contributed by atoms with van der Waals surface area (Å²) >= 11 is 16.0. The van der Waals surface area contributed by atoms with Crippen molar-refractivity contribution in [3.63, 3.8) is 0 Å². The summed E-state index contributed by atoms with van der Waals surface area (Å²) in [7, 11) is 2.17. The fraction of sp³-hybridized carbons (Fsp3) is 0.571. The number of hydrogen-bond donors (Lipinski definition) is 0. The Morgan fingerprint density at radius 3 is 2.72 bits per heavy atom. The Bertz CT molecular complexity index is 411. The van der Waals surface area contributed by atoms with E-state index in [1.165, 1.54) is 25.7 Å². The van der Waals surface area contributed by atoms with Gasteiger partial charge in [-0.25, -0.2) is 0 Å². The topological polar surface area (TPSA) is 3.24 Å². The van der Waals surface area contributed by atoms with E-state index in [4.69, 9.17) is 23.2 Å². The molecular weight excluding hydrogens is 333 g/mol. The van der Waals surface area contributed by atoms with Gasteiger partial charge in [0.25, 0.3) is 0 Å². The highest BCUT2D eigenvalue weighted by atomic mass is 79.9. The molecule has 2 unspecified atom stereocenters. The number of rotatable bonds is 3. The van der Waals surface area contributed by atoms with Crippen LogP contribution in [0.5, 0.6) is 0 Å². The first kappa shape index (κ1) is 14.6. The number of nitrogens with zero attached hydrogens (tertiary/aromatic N) is 1. The summed E-state index contributed by atoms with van der Waals surface area (Å²) in [4.78, 5) is 2.98. The van der Waals surface area contributed by atoms with Crippen molar-refractivity contribution in [2.45, 2.75) is 43.1 Å². The first-order valence-electron chi connectivity index (χ1n) is 6.36. The molecule has 0 aliphatic heterocycles. The van der Waals surface area contributed by atoms with Crippen LogP contribution < -0.4 is 0 Å². The lowest BCUT2D eigenvalue weighted by molar-refractivity contribution is 0.193. The van der Waals surface area contributed by atoms with Gasteiger partial charge in [0, 0.05) is 27.5 Å². The molecule has 1 aromatic rings. The second-order valence-electron chi connectivity index (χ2n) is 5.02. The van der Waals surface area contributed by atoms with Crippen molar-refractivity contribution in [2.24, 2.45) is 0 Å². The zero-order valence-corrected chi connectivity index (χ0v) is 13.6. The number of halogens is 3. The molecule has 1 aliphatic carbocycles. The molecule has 4 heteroatoms. The largest absolute Gasteiger partial charge is 0.298 e. The maximum Gasteiger partial charge on any atom is 0.0452 e. The molecule has 0 aromatic heterocycles. The van der Waals surface area contributed by atoms with Crippen LogP contribution in [0.1, 0.15) is 31.2 Å². The maximum absolute atomic E-state index is 6.22. The number of benzene rings is 1. The molecule has 1 nitrogen and oxygen atoms in total. The summed E-state index contributed by atoms with van der Waals surface area (Å²) < 4.78 is 0. The fourth-order valence-electron chi connectivity index (χ4n) is 2.61. The average Bonchev–Trinajstić information content (AvgIpc) is 2.34. The van der Waals surface area contributed by atoms with Crippen molar-refractivity contribution in [2.75, 3.05) is 7.05 Å². The normalized spacial score (nSPS) is 24.5. The summed E-state index contributed by atoms with van der Waals surface area (Å²) in [5.41, 5.74) is 1.11. The molecule has 1 saturated carbocycles. The monoisotopic (exact) mass is 349 g/mol. The van der Waals surface area contributed by atoms with E-state index in [1.807, 2.05) is 18.2 Å². The van der Waals surface area contributed by atoms with E-state index in [-0.39, 0.29) is 0 Å². The molecule has 0 saturated heterocycles. The third-order valence-electron chi connectivity index (χ3n) is 3.64. The van der Waals surface area contributed by atoms with Crippen LogP contribution in [0, 0.1) is 0 Å². The summed E-state index contributed by atoms with van der Waals surface area (Å²) in [5.74, 6) is 0. The second-order valence-corrected chi connectivity index (χ2v) is 7.04. The molecule has 0 spiro atoms. The molecule has 100 valence electrons. The van der Waals surface area contributed by atoms with Gasteiger partial charge in [-0.15, -0.1) is 0 Å². The molecule has 0 radical (unpaired) electrons. The third kappa shape index (κ3) is 3.63. The van der Waals surface area contributed by atoms with Crippen molar-refractivity contribution < 1.29 is 0 Å². The molecule has 0 heterocycles. The van der Waals surface area contributed by atoms with Crippen LogP contribution in [0.4, 0.5) is 0 Å². The highest BCUT2D eigenvalue weighted by Crippen LogP contribution is 2.30. The predicted octanol–water partition coefficient (Wildman–Crippen LogP) is 5.13. The van der Waals surface area contributed by atoms with E-state index in [1.54, 1.807) is 0 Å². The van der Waals surface area contributed by atoms with Crippen LogP contribution in [0.15, 0.2) is 18.2 Å². The van der Waals surface area contributed by atoms with Gasteiger partial charge in [-0.1, -0.05) is 52.0 Å². The highest BCUT2D eigenvalue weighted by Gasteiger charge is 2.26. The summed E-state index contributed by atoms with van der Waals surface area (Å²) in [6, 6.07) is 6.27. The van der Waals surface area contributed by atoms with Gasteiger partial charge in [0.05, 0.1) is 0 Å². The highest BCUT2D eigenvalue weighted by molar-refractivity contribution is 9.09. The molecule has 1 aliphatic rings. The van der Waals surface area contributed by atoms with Crippen LogP contribution in [0.2, 0.25) is 10.0 Å². The zero-order valence-electron chi connectivity index (χ0n) is 10.5. The van der Waals surface area contributed by atoms with E-state index in [0.29, 0.717) is 10.9 Å². The Morgan fingerprint density at radius 2 is 2.00 bits per heavy atom. The van der Waals surface area contributed by atoms with Crippen molar-refractivity contribution in [3.8, 4) is 0 Å². The van der Waals surface area contributed by atoms with E-state index in [2.05, 4.69) is 27.9 Å². The summed E-state index contributed by atoms with van der Waals surface area (Å²) in [6.07, 6.45) is 5.17. The van der Waals surface area contributed by atoms with Crippen LogP contribution >= 0.6 is 39.1 Å². The first-order chi connectivity index (χ1) is 8.58. The second kappa shape index (κ2) is 6.60. The van der Waals surface area contributed by atoms with Crippen LogP contribution in [-0.4, -0.2) is 22.8 Å². The molecule has 2 rings (SSSR count). The minimum absolute atomic E-state index is 0.591. The van der Waals surface area contributed by atoms with Gasteiger partial charge < -0.3 is 0 Å². The zero-order chi connectivity index (χ0) is 13.1. The van der Waals surface area contributed by atoms with Gasteiger partial charge >= 0.3 is 0 Å². The Labute approximate surface area is 128 Å². The van der Waals surface area contributed by atoms with Crippen molar-refractivity contribution in [1.29, 1.82) is 0 Å². The van der Waals surface area contributed by atoms with Gasteiger partial charge in [-0.2, -0.15) is 0 Å². The van der Waals surface area contributed by atoms with Crippen molar-refractivity contribution in [1.82, 2.24) is 4.90 Å². The van der Waals surface area contributed by atoms with E-state index >= 15 is 0 Å². The van der Waals surface area contributed by atoms with E-state index < -0.39 is 0 Å². The lowest BCUT2D eigenvalue weighted by Gasteiger charge is -2.35. The molecule has 0 N–H and O–H groups in total. The lowest BCUT2D eigenvalue weighted by atomic mass is 9.94. The van der Waals surface area contributed by atoms with E-state index in [9.17, 15) is 0 Å². The minimum Gasteiger partial charge on any atom is -0.298 e. The summed E-state index contributed by atoms with van der Waals surface area (Å²) in [5, 5.41) is 1.55. The van der Waals surface area contributed by atoms with Crippen molar-refractivity contribution in [3.05, 3.63) is 33.8 Å². The fourth-order valence-corrected chi connectivity index (χ4v) is 3.98. The Balaban J connectivity index is 2.05. The standard InChI is InChI=1S/C14H18BrCl2N/c1-18(14-5-3-2-4-12(14)15)9-10-8-11(16)6-7-13(10)17/h6-8,12,14H,2-5,9H2,1H3. The molecule has 2 atom stereocenters. The molecule has 1 fully saturated rings. The van der Waals surface area contributed by atoms with Crippen LogP contribution in [0.25, 0.3) is 0 Å². The van der Waals surface area contributed by atoms with Crippen molar-refractivity contribution >= 4 is 39.1 Å². The van der Waals surface area contributed by atoms with Gasteiger partial charge in [0.2, 0.25) is 0 Å². The smallest absolute Gasteiger partial charge is 0.0452 e. The predicted molar refractivity (Wildman–Crippen MR) is 82.9 cm³/mol. The number of hydrogen-bond acceptors (Lipinski definition) is 1. The van der Waals surface area contributed by atoms with Crippen LogP contribution in [-0.2, 0) is 6.54 Å². The van der Waals surface area contributed by atoms with Gasteiger partial charge in [-0.3, -0.25) is 4.90 Å². The van der Waals surface area contributed by atoms with Gasteiger partial charge in [0.1, 0.15) is 0 Å². The van der Waals surface area contributed by atoms with Gasteiger partial charge in [-0.05, 0) is 43.7 Å². The molecule has 1 aromatic carbocycles. The molecule has 0 bridgehead atoms. The molecule has 0 amide bonds. The maximum atomic E-state index is 6.22. The molecular formula is C14H18BrCl2N. The average molecular weight is 351 g/mol. The SMILES string of the molecule is CN(Cc1cc(Cl)ccc1Cl)C1CCCCC1Br. The minimum atomic E-state index is 0.591. The van der Waals surface area contributed by atoms with E-state index in [0.717, 1.165) is 22.2 Å². The van der Waals surface area contributed by atoms with Crippen LogP contribution in [0.3, 0.4) is 0 Å². The third-order valence-corrected chi connectivity index (χ3v) is 5.31. The molecule has 18 heavy (non-hydrogen) atoms. The van der Waals surface area contributed by atoms with Gasteiger partial charge in [0.15, 0.2) is 0 Å². The quantitative estimate of drug-likeness (QED) is 0.683.